The van der Waals surface area contributed by atoms with Crippen LogP contribution in [0, 0.1) is 0 Å². The lowest BCUT2D eigenvalue weighted by atomic mass is 10.1. The highest BCUT2D eigenvalue weighted by molar-refractivity contribution is 4.90. The van der Waals surface area contributed by atoms with Gasteiger partial charge in [-0.05, 0) is 102 Å². The van der Waals surface area contributed by atoms with E-state index in [-0.39, 0.29) is 25.2 Å². The lowest BCUT2D eigenvalue weighted by Gasteiger charge is -2.22. The first-order valence-corrected chi connectivity index (χ1v) is 27.8. The molecule has 0 saturated carbocycles. The lowest BCUT2D eigenvalue weighted by molar-refractivity contribution is -0.208. The standard InChI is InChI=1S/C56H110O7/c1-7-13-15-35-41-51-61-55(45-39-33-29-25-21-17-19-23-27-31-37-43-53(57-47-9-3)58-48-10-4)63-56(62-52-42-36-16-14-8-2)46-40-34-30-26-22-18-20-24-28-32-38-44-54(59-49-11-5)60-50-12-6/h39-40,45-46,53-56H,7-38,41-44,47-52H2,1-6H3. The summed E-state index contributed by atoms with van der Waals surface area (Å²) in [5.41, 5.74) is 0. The van der Waals surface area contributed by atoms with E-state index < -0.39 is 0 Å². The Morgan fingerprint density at radius 1 is 0.270 bits per heavy atom. The van der Waals surface area contributed by atoms with E-state index in [2.05, 4.69) is 65.8 Å². The van der Waals surface area contributed by atoms with E-state index in [1.54, 1.807) is 0 Å². The Morgan fingerprint density at radius 2 is 0.556 bits per heavy atom. The zero-order chi connectivity index (χ0) is 45.8. The molecule has 0 bridgehead atoms. The Balaban J connectivity index is 4.68. The molecule has 0 saturated heterocycles. The minimum atomic E-state index is -0.372. The molecule has 0 fully saturated rings. The van der Waals surface area contributed by atoms with Crippen LogP contribution in [0.3, 0.4) is 0 Å². The number of hydrogen-bond donors (Lipinski definition) is 0. The molecule has 0 N–H and O–H groups in total. The molecule has 0 heterocycles. The fourth-order valence-electron chi connectivity index (χ4n) is 7.69. The third-order valence-electron chi connectivity index (χ3n) is 11.6. The molecule has 0 aromatic heterocycles. The number of ether oxygens (including phenoxy) is 7. The van der Waals surface area contributed by atoms with Gasteiger partial charge in [0.25, 0.3) is 0 Å². The number of unbranched alkanes of at least 4 members (excludes halogenated alkanes) is 26. The summed E-state index contributed by atoms with van der Waals surface area (Å²) in [4.78, 5) is 0. The van der Waals surface area contributed by atoms with Crippen LogP contribution in [0.4, 0.5) is 0 Å². The molecule has 2 atom stereocenters. The van der Waals surface area contributed by atoms with Crippen molar-refractivity contribution in [3.05, 3.63) is 24.3 Å². The summed E-state index contributed by atoms with van der Waals surface area (Å²) in [6, 6.07) is 0. The van der Waals surface area contributed by atoms with Gasteiger partial charge < -0.3 is 33.2 Å². The Bertz CT molecular complexity index is 811. The molecule has 63 heavy (non-hydrogen) atoms. The Kier molecular flexibility index (Phi) is 53.1. The van der Waals surface area contributed by atoms with Crippen molar-refractivity contribution < 1.29 is 33.2 Å². The van der Waals surface area contributed by atoms with Crippen molar-refractivity contribution in [3.8, 4) is 0 Å². The monoisotopic (exact) mass is 895 g/mol. The maximum absolute atomic E-state index is 6.55. The van der Waals surface area contributed by atoms with Crippen LogP contribution < -0.4 is 0 Å². The van der Waals surface area contributed by atoms with E-state index in [9.17, 15) is 0 Å². The molecule has 0 aliphatic rings. The predicted molar refractivity (Wildman–Crippen MR) is 270 cm³/mol. The fourth-order valence-corrected chi connectivity index (χ4v) is 7.69. The first-order chi connectivity index (χ1) is 31.1. The molecule has 0 rings (SSSR count). The first-order valence-electron chi connectivity index (χ1n) is 27.8. The van der Waals surface area contributed by atoms with Crippen LogP contribution in [0.15, 0.2) is 24.3 Å². The second-order valence-corrected chi connectivity index (χ2v) is 18.2. The van der Waals surface area contributed by atoms with Crippen LogP contribution in [-0.4, -0.2) is 64.8 Å². The normalized spacial score (nSPS) is 13.2. The van der Waals surface area contributed by atoms with Gasteiger partial charge in [0.2, 0.25) is 0 Å². The fraction of sp³-hybridized carbons (Fsp3) is 0.929. The van der Waals surface area contributed by atoms with Crippen molar-refractivity contribution in [3.63, 3.8) is 0 Å². The summed E-state index contributed by atoms with van der Waals surface area (Å²) in [6.45, 7) is 17.8. The molecule has 0 spiro atoms. The van der Waals surface area contributed by atoms with E-state index >= 15 is 0 Å². The van der Waals surface area contributed by atoms with E-state index in [1.165, 1.54) is 167 Å². The maximum atomic E-state index is 6.55. The van der Waals surface area contributed by atoms with Crippen LogP contribution in [0.25, 0.3) is 0 Å². The van der Waals surface area contributed by atoms with Gasteiger partial charge in [0.05, 0.1) is 13.2 Å². The van der Waals surface area contributed by atoms with Gasteiger partial charge in [0.1, 0.15) is 0 Å². The second kappa shape index (κ2) is 53.8. The zero-order valence-corrected chi connectivity index (χ0v) is 43.2. The van der Waals surface area contributed by atoms with Crippen LogP contribution in [-0.2, 0) is 33.2 Å². The van der Waals surface area contributed by atoms with Gasteiger partial charge >= 0.3 is 0 Å². The van der Waals surface area contributed by atoms with Gasteiger partial charge in [-0.25, -0.2) is 0 Å². The second-order valence-electron chi connectivity index (χ2n) is 18.2. The predicted octanol–water partition coefficient (Wildman–Crippen LogP) is 17.7. The van der Waals surface area contributed by atoms with Crippen molar-refractivity contribution >= 4 is 0 Å². The number of allylic oxidation sites excluding steroid dienone is 2. The van der Waals surface area contributed by atoms with Crippen molar-refractivity contribution in [2.75, 3.05) is 39.6 Å². The SMILES string of the molecule is CCCCCCCOC(C=CCCCCCCCCCCCC(OCCC)OCCC)OC(C=CCCCCCCCCCCCC(OCCC)OCCC)OCCCCCCC. The summed E-state index contributed by atoms with van der Waals surface area (Å²) < 4.78 is 42.8. The molecule has 0 aliphatic heterocycles. The molecule has 0 amide bonds. The number of hydrogen-bond acceptors (Lipinski definition) is 7. The van der Waals surface area contributed by atoms with Gasteiger partial charge in [0.15, 0.2) is 25.2 Å². The highest BCUT2D eigenvalue weighted by Crippen LogP contribution is 2.17. The molecule has 2 unspecified atom stereocenters. The van der Waals surface area contributed by atoms with Gasteiger partial charge in [-0.1, -0.05) is 195 Å². The molecule has 7 nitrogen and oxygen atoms in total. The summed E-state index contributed by atoms with van der Waals surface area (Å²) in [5, 5.41) is 0. The molecule has 0 aromatic carbocycles. The smallest absolute Gasteiger partial charge is 0.180 e. The zero-order valence-electron chi connectivity index (χ0n) is 43.2. The molecule has 0 aromatic rings. The minimum Gasteiger partial charge on any atom is -0.353 e. The van der Waals surface area contributed by atoms with Gasteiger partial charge in [0, 0.05) is 26.4 Å². The summed E-state index contributed by atoms with van der Waals surface area (Å²) >= 11 is 0. The quantitative estimate of drug-likeness (QED) is 0.0342. The van der Waals surface area contributed by atoms with Crippen LogP contribution in [0.5, 0.6) is 0 Å². The van der Waals surface area contributed by atoms with Crippen molar-refractivity contribution in [2.45, 2.75) is 298 Å². The van der Waals surface area contributed by atoms with Gasteiger partial charge in [-0.3, -0.25) is 0 Å². The van der Waals surface area contributed by atoms with E-state index in [1.807, 2.05) is 0 Å². The average molecular weight is 895 g/mol. The summed E-state index contributed by atoms with van der Waals surface area (Å²) in [6.07, 6.45) is 52.2. The van der Waals surface area contributed by atoms with Crippen molar-refractivity contribution in [1.29, 1.82) is 0 Å². The average Bonchev–Trinajstić information content (AvgIpc) is 3.29. The largest absolute Gasteiger partial charge is 0.353 e. The molecule has 0 aliphatic carbocycles. The summed E-state index contributed by atoms with van der Waals surface area (Å²) in [5.74, 6) is 0. The van der Waals surface area contributed by atoms with Gasteiger partial charge in [-0.15, -0.1) is 0 Å². The Morgan fingerprint density at radius 3 is 0.873 bits per heavy atom. The number of rotatable bonds is 54. The maximum Gasteiger partial charge on any atom is 0.180 e. The van der Waals surface area contributed by atoms with E-state index in [4.69, 9.17) is 33.2 Å². The molecular weight excluding hydrogens is 785 g/mol. The van der Waals surface area contributed by atoms with Crippen LogP contribution >= 0.6 is 0 Å². The third-order valence-corrected chi connectivity index (χ3v) is 11.6. The van der Waals surface area contributed by atoms with Crippen LogP contribution in [0.1, 0.15) is 273 Å². The summed E-state index contributed by atoms with van der Waals surface area (Å²) in [7, 11) is 0. The van der Waals surface area contributed by atoms with Gasteiger partial charge in [-0.2, -0.15) is 0 Å². The first kappa shape index (κ1) is 62.2. The van der Waals surface area contributed by atoms with Crippen molar-refractivity contribution in [1.82, 2.24) is 0 Å². The lowest BCUT2D eigenvalue weighted by Crippen LogP contribution is -2.25. The molecule has 7 heteroatoms. The molecule has 0 radical (unpaired) electrons. The Labute approximate surface area is 393 Å². The van der Waals surface area contributed by atoms with E-state index in [0.29, 0.717) is 0 Å². The third kappa shape index (κ3) is 47.5. The topological polar surface area (TPSA) is 64.6 Å². The molecule has 376 valence electrons. The highest BCUT2D eigenvalue weighted by Gasteiger charge is 2.14. The highest BCUT2D eigenvalue weighted by atomic mass is 16.8. The minimum absolute atomic E-state index is 0.00645. The molecular formula is C56H110O7. The van der Waals surface area contributed by atoms with Crippen molar-refractivity contribution in [2.24, 2.45) is 0 Å². The Hall–Kier alpha value is -0.800. The van der Waals surface area contributed by atoms with Crippen LogP contribution in [0.2, 0.25) is 0 Å². The van der Waals surface area contributed by atoms with E-state index in [0.717, 1.165) is 104 Å².